The SMILES string of the molecule is C=C1CCC(CCCCCC)(C(=O)OC)C1.CCCCCCC1(C(=O)O)CCC(N2CC[C@@]3(C=Cc4ccccc43)[C@@H](C)C2)C1. The molecule has 0 radical (unpaired) electrons. The molecule has 45 heavy (non-hydrogen) atoms. The van der Waals surface area contributed by atoms with Gasteiger partial charge >= 0.3 is 11.9 Å². The van der Waals surface area contributed by atoms with Crippen LogP contribution in [0.4, 0.5) is 0 Å². The van der Waals surface area contributed by atoms with Gasteiger partial charge in [0.15, 0.2) is 0 Å². The van der Waals surface area contributed by atoms with Crippen LogP contribution < -0.4 is 0 Å². The third-order valence-corrected chi connectivity index (χ3v) is 12.0. The summed E-state index contributed by atoms with van der Waals surface area (Å²) < 4.78 is 4.96. The fraction of sp³-hybridized carbons (Fsp3) is 0.700. The molecule has 3 fully saturated rings. The number of unbranched alkanes of at least 4 members (excludes halogenated alkanes) is 6. The fourth-order valence-corrected chi connectivity index (χ4v) is 9.05. The number of carboxylic acids is 1. The van der Waals surface area contributed by atoms with Crippen molar-refractivity contribution in [2.24, 2.45) is 16.7 Å². The Morgan fingerprint density at radius 1 is 0.978 bits per heavy atom. The van der Waals surface area contributed by atoms with Gasteiger partial charge in [0.1, 0.15) is 0 Å². The quantitative estimate of drug-likeness (QED) is 0.135. The van der Waals surface area contributed by atoms with Gasteiger partial charge in [-0.2, -0.15) is 0 Å². The molecule has 1 N–H and O–H groups in total. The summed E-state index contributed by atoms with van der Waals surface area (Å²) in [5.74, 6) is -0.0196. The normalized spacial score (nSPS) is 30.7. The Hall–Kier alpha value is -2.40. The van der Waals surface area contributed by atoms with Crippen molar-refractivity contribution in [2.45, 2.75) is 141 Å². The van der Waals surface area contributed by atoms with Crippen LogP contribution in [0.3, 0.4) is 0 Å². The predicted octanol–water partition coefficient (Wildman–Crippen LogP) is 9.74. The van der Waals surface area contributed by atoms with Gasteiger partial charge in [-0.05, 0) is 81.4 Å². The van der Waals surface area contributed by atoms with Gasteiger partial charge < -0.3 is 9.84 Å². The van der Waals surface area contributed by atoms with E-state index in [2.05, 4.69) is 68.7 Å². The number of fused-ring (bicyclic) bond motifs is 2. The number of benzene rings is 1. The monoisotopic (exact) mass is 619 g/mol. The minimum atomic E-state index is -0.550. The van der Waals surface area contributed by atoms with Crippen LogP contribution in [-0.2, 0) is 19.7 Å². The molecule has 1 aromatic carbocycles. The van der Waals surface area contributed by atoms with Crippen molar-refractivity contribution in [1.29, 1.82) is 0 Å². The molecule has 5 nitrogen and oxygen atoms in total. The highest BCUT2D eigenvalue weighted by molar-refractivity contribution is 5.78. The number of allylic oxidation sites excluding steroid dienone is 2. The van der Waals surface area contributed by atoms with Crippen LogP contribution in [0.1, 0.15) is 141 Å². The first kappa shape index (κ1) is 35.5. The molecule has 1 saturated heterocycles. The van der Waals surface area contributed by atoms with Gasteiger partial charge in [-0.25, -0.2) is 0 Å². The summed E-state index contributed by atoms with van der Waals surface area (Å²) in [4.78, 5) is 26.7. The number of carbonyl (C=O) groups is 2. The first-order valence-corrected chi connectivity index (χ1v) is 18.2. The molecule has 1 heterocycles. The summed E-state index contributed by atoms with van der Waals surface area (Å²) in [6, 6.07) is 9.28. The van der Waals surface area contributed by atoms with E-state index in [1.165, 1.54) is 62.3 Å². The Bertz CT molecular complexity index is 1190. The molecular weight excluding hydrogens is 558 g/mol. The number of hydrogen-bond donors (Lipinski definition) is 1. The average molecular weight is 620 g/mol. The zero-order valence-corrected chi connectivity index (χ0v) is 28.9. The molecular formula is C40H61NO4. The molecule has 5 rings (SSSR count). The number of methoxy groups -OCH3 is 1. The molecule has 1 spiro atoms. The van der Waals surface area contributed by atoms with Crippen LogP contribution in [0.15, 0.2) is 42.5 Å². The van der Waals surface area contributed by atoms with Crippen LogP contribution in [0.5, 0.6) is 0 Å². The Kier molecular flexibility index (Phi) is 12.6. The van der Waals surface area contributed by atoms with Gasteiger partial charge in [-0.1, -0.05) is 121 Å². The summed E-state index contributed by atoms with van der Waals surface area (Å²) in [5.41, 5.74) is 3.55. The maximum atomic E-state index is 12.2. The van der Waals surface area contributed by atoms with E-state index in [-0.39, 0.29) is 16.8 Å². The van der Waals surface area contributed by atoms with Crippen LogP contribution in [0.25, 0.3) is 6.08 Å². The summed E-state index contributed by atoms with van der Waals surface area (Å²) in [5, 5.41) is 10.0. The maximum Gasteiger partial charge on any atom is 0.312 e. The van der Waals surface area contributed by atoms with Crippen molar-refractivity contribution in [1.82, 2.24) is 4.90 Å². The van der Waals surface area contributed by atoms with Gasteiger partial charge in [-0.3, -0.25) is 14.5 Å². The van der Waals surface area contributed by atoms with Crippen molar-refractivity contribution in [3.8, 4) is 0 Å². The molecule has 3 aliphatic carbocycles. The Morgan fingerprint density at radius 3 is 2.27 bits per heavy atom. The second-order valence-electron chi connectivity index (χ2n) is 14.9. The van der Waals surface area contributed by atoms with E-state index in [9.17, 15) is 14.7 Å². The molecule has 0 aromatic heterocycles. The summed E-state index contributed by atoms with van der Waals surface area (Å²) in [7, 11) is 1.50. The number of hydrogen-bond acceptors (Lipinski definition) is 4. The number of ether oxygens (including phenoxy) is 1. The first-order chi connectivity index (χ1) is 21.6. The highest BCUT2D eigenvalue weighted by atomic mass is 16.5. The summed E-state index contributed by atoms with van der Waals surface area (Å²) in [6.45, 7) is 13.0. The largest absolute Gasteiger partial charge is 0.481 e. The van der Waals surface area contributed by atoms with Crippen molar-refractivity contribution >= 4 is 18.0 Å². The van der Waals surface area contributed by atoms with Gasteiger partial charge in [0.25, 0.3) is 0 Å². The lowest BCUT2D eigenvalue weighted by Gasteiger charge is -2.46. The number of esters is 1. The van der Waals surface area contributed by atoms with E-state index in [1.54, 1.807) is 0 Å². The molecule has 0 amide bonds. The number of nitrogens with zero attached hydrogens (tertiary/aromatic N) is 1. The van der Waals surface area contributed by atoms with Crippen molar-refractivity contribution < 1.29 is 19.4 Å². The number of piperidine rings is 1. The van der Waals surface area contributed by atoms with E-state index in [1.807, 2.05) is 0 Å². The molecule has 3 unspecified atom stereocenters. The lowest BCUT2D eigenvalue weighted by atomic mass is 9.67. The Labute approximate surface area is 273 Å². The van der Waals surface area contributed by atoms with Crippen molar-refractivity contribution in [3.63, 3.8) is 0 Å². The zero-order chi connectivity index (χ0) is 32.5. The molecule has 0 bridgehead atoms. The van der Waals surface area contributed by atoms with Crippen LogP contribution in [-0.4, -0.2) is 48.2 Å². The second kappa shape index (κ2) is 15.9. The third-order valence-electron chi connectivity index (χ3n) is 12.0. The van der Waals surface area contributed by atoms with E-state index < -0.39 is 11.4 Å². The molecule has 5 atom stereocenters. The lowest BCUT2D eigenvalue weighted by Crippen LogP contribution is -2.50. The summed E-state index contributed by atoms with van der Waals surface area (Å²) in [6.07, 6.45) is 22.8. The standard InChI is InChI=1S/C26H37NO2.C14H24O2/c1-3-4-5-8-13-25(24(28)29)14-12-22(18-25)27-17-16-26(20(2)19-27)15-11-21-9-6-7-10-23(21)26;1-4-5-6-7-9-14(13(15)16-3)10-8-12(2)11-14/h6-7,9-11,15,20,22H,3-5,8,12-14,16-19H2,1-2H3,(H,28,29);2,4-11H2,1,3H3/t20-,22?,25?,26-;/m0./s1. The fourth-order valence-electron chi connectivity index (χ4n) is 9.05. The highest BCUT2D eigenvalue weighted by Crippen LogP contribution is 2.50. The first-order valence-electron chi connectivity index (χ1n) is 18.2. The number of aliphatic carboxylic acids is 1. The number of carboxylic acid groups (broad SMARTS) is 1. The van der Waals surface area contributed by atoms with Crippen LogP contribution in [0, 0.1) is 16.7 Å². The highest BCUT2D eigenvalue weighted by Gasteiger charge is 2.50. The van der Waals surface area contributed by atoms with Crippen molar-refractivity contribution in [3.05, 3.63) is 53.6 Å². The van der Waals surface area contributed by atoms with Gasteiger partial charge in [0.05, 0.1) is 17.9 Å². The molecule has 1 aliphatic heterocycles. The number of rotatable bonds is 13. The minimum Gasteiger partial charge on any atom is -0.481 e. The molecule has 1 aromatic rings. The maximum absolute atomic E-state index is 12.2. The topological polar surface area (TPSA) is 66.8 Å². The third kappa shape index (κ3) is 7.95. The van der Waals surface area contributed by atoms with Crippen LogP contribution >= 0.6 is 0 Å². The van der Waals surface area contributed by atoms with E-state index in [0.717, 1.165) is 83.7 Å². The van der Waals surface area contributed by atoms with Gasteiger partial charge in [0, 0.05) is 18.0 Å². The van der Waals surface area contributed by atoms with Gasteiger partial charge in [0.2, 0.25) is 0 Å². The van der Waals surface area contributed by atoms with Crippen molar-refractivity contribution in [2.75, 3.05) is 20.2 Å². The summed E-state index contributed by atoms with van der Waals surface area (Å²) >= 11 is 0. The minimum absolute atomic E-state index is 0.0253. The molecule has 4 aliphatic rings. The van der Waals surface area contributed by atoms with E-state index in [4.69, 9.17) is 4.74 Å². The second-order valence-corrected chi connectivity index (χ2v) is 14.9. The lowest BCUT2D eigenvalue weighted by molar-refractivity contribution is -0.153. The Morgan fingerprint density at radius 2 is 1.67 bits per heavy atom. The number of likely N-dealkylation sites (tertiary alicyclic amines) is 1. The van der Waals surface area contributed by atoms with Crippen LogP contribution in [0.2, 0.25) is 0 Å². The Balaban J connectivity index is 0.000000245. The van der Waals surface area contributed by atoms with Gasteiger partial charge in [-0.15, -0.1) is 0 Å². The van der Waals surface area contributed by atoms with E-state index >= 15 is 0 Å². The average Bonchev–Trinajstić information content (AvgIpc) is 3.76. The smallest absolute Gasteiger partial charge is 0.312 e. The van der Waals surface area contributed by atoms with E-state index in [0.29, 0.717) is 12.0 Å². The molecule has 250 valence electrons. The molecule has 5 heteroatoms. The molecule has 2 saturated carbocycles. The number of carbonyl (C=O) groups excluding carboxylic acids is 1. The predicted molar refractivity (Wildman–Crippen MR) is 185 cm³/mol. The zero-order valence-electron chi connectivity index (χ0n) is 28.9.